The molecule has 0 aliphatic carbocycles. The van der Waals surface area contributed by atoms with Gasteiger partial charge < -0.3 is 10.5 Å². The van der Waals surface area contributed by atoms with Crippen molar-refractivity contribution in [1.29, 1.82) is 0 Å². The molecule has 2 unspecified atom stereocenters. The van der Waals surface area contributed by atoms with Gasteiger partial charge in [-0.15, -0.1) is 0 Å². The molecule has 2 N–H and O–H groups in total. The Balaban J connectivity index is 2.63. The molecule has 1 rings (SSSR count). The van der Waals surface area contributed by atoms with Crippen LogP contribution in [0.25, 0.3) is 0 Å². The van der Waals surface area contributed by atoms with E-state index in [9.17, 15) is 8.42 Å². The van der Waals surface area contributed by atoms with Crippen LogP contribution in [0.1, 0.15) is 26.7 Å². The van der Waals surface area contributed by atoms with E-state index in [4.69, 9.17) is 22.7 Å². The lowest BCUT2D eigenvalue weighted by molar-refractivity contribution is 0.126. The minimum absolute atomic E-state index is 0.0604. The average molecular weight is 294 g/mol. The van der Waals surface area contributed by atoms with Gasteiger partial charge in [-0.2, -0.15) is 0 Å². The Bertz CT molecular complexity index is 378. The number of thiocarbonyl (C=S) groups is 1. The minimum Gasteiger partial charge on any atom is -0.393 e. The first-order valence-electron chi connectivity index (χ1n) is 6.25. The number of nitrogens with zero attached hydrogens (tertiary/aromatic N) is 1. The summed E-state index contributed by atoms with van der Waals surface area (Å²) in [5.74, 6) is -0.0514. The Labute approximate surface area is 115 Å². The van der Waals surface area contributed by atoms with Crippen molar-refractivity contribution in [3.05, 3.63) is 0 Å². The van der Waals surface area contributed by atoms with Crippen LogP contribution in [0.3, 0.4) is 0 Å². The standard InChI is InChI=1S/C11H22N2O3S2/c1-3-13(7-9(2)11(12)17)18(14,15)8-10-5-4-6-16-10/h9-10H,3-8H2,1-2H3,(H2,12,17). The maximum atomic E-state index is 12.2. The quantitative estimate of drug-likeness (QED) is 0.701. The van der Waals surface area contributed by atoms with Gasteiger partial charge in [0, 0.05) is 25.6 Å². The van der Waals surface area contributed by atoms with E-state index in [1.807, 2.05) is 13.8 Å². The molecule has 7 heteroatoms. The number of rotatable bonds is 7. The van der Waals surface area contributed by atoms with E-state index in [0.717, 1.165) is 12.8 Å². The van der Waals surface area contributed by atoms with E-state index < -0.39 is 10.0 Å². The molecule has 18 heavy (non-hydrogen) atoms. The third kappa shape index (κ3) is 4.46. The van der Waals surface area contributed by atoms with Crippen molar-refractivity contribution in [2.24, 2.45) is 11.7 Å². The SMILES string of the molecule is CCN(CC(C)C(N)=S)S(=O)(=O)CC1CCCO1. The second-order valence-electron chi connectivity index (χ2n) is 4.67. The predicted molar refractivity (Wildman–Crippen MR) is 76.0 cm³/mol. The first-order valence-corrected chi connectivity index (χ1v) is 8.27. The van der Waals surface area contributed by atoms with Gasteiger partial charge in [-0.25, -0.2) is 12.7 Å². The lowest BCUT2D eigenvalue weighted by atomic mass is 10.2. The van der Waals surface area contributed by atoms with Crippen molar-refractivity contribution >= 4 is 27.2 Å². The van der Waals surface area contributed by atoms with Crippen LogP contribution in [0, 0.1) is 5.92 Å². The molecular formula is C11H22N2O3S2. The fourth-order valence-electron chi connectivity index (χ4n) is 1.95. The van der Waals surface area contributed by atoms with Gasteiger partial charge in [0.25, 0.3) is 0 Å². The first-order chi connectivity index (χ1) is 8.36. The molecule has 0 aromatic rings. The molecule has 5 nitrogen and oxygen atoms in total. The monoisotopic (exact) mass is 294 g/mol. The third-order valence-electron chi connectivity index (χ3n) is 3.13. The Morgan fingerprint density at radius 2 is 2.28 bits per heavy atom. The lowest BCUT2D eigenvalue weighted by Gasteiger charge is -2.24. The van der Waals surface area contributed by atoms with Gasteiger partial charge in [-0.3, -0.25) is 0 Å². The minimum atomic E-state index is -3.29. The molecule has 0 amide bonds. The molecule has 0 aromatic heterocycles. The van der Waals surface area contributed by atoms with Crippen LogP contribution in [0.5, 0.6) is 0 Å². The zero-order valence-corrected chi connectivity index (χ0v) is 12.6. The number of sulfonamides is 1. The number of hydrogen-bond acceptors (Lipinski definition) is 4. The third-order valence-corrected chi connectivity index (χ3v) is 5.52. The predicted octanol–water partition coefficient (Wildman–Crippen LogP) is 0.739. The maximum Gasteiger partial charge on any atom is 0.216 e. The summed E-state index contributed by atoms with van der Waals surface area (Å²) in [6.45, 7) is 5.10. The van der Waals surface area contributed by atoms with E-state index in [1.165, 1.54) is 4.31 Å². The zero-order valence-electron chi connectivity index (χ0n) is 11.0. The summed E-state index contributed by atoms with van der Waals surface area (Å²) < 4.78 is 31.3. The normalized spacial score (nSPS) is 22.3. The summed E-state index contributed by atoms with van der Waals surface area (Å²) in [5.41, 5.74) is 5.53. The highest BCUT2D eigenvalue weighted by atomic mass is 32.2. The lowest BCUT2D eigenvalue weighted by Crippen LogP contribution is -2.41. The molecule has 1 fully saturated rings. The van der Waals surface area contributed by atoms with Gasteiger partial charge in [-0.1, -0.05) is 26.1 Å². The number of nitrogens with two attached hydrogens (primary N) is 1. The highest BCUT2D eigenvalue weighted by Gasteiger charge is 2.28. The topological polar surface area (TPSA) is 72.6 Å². The molecule has 1 aliphatic heterocycles. The molecule has 0 aromatic carbocycles. The number of hydrogen-bond donors (Lipinski definition) is 1. The highest BCUT2D eigenvalue weighted by molar-refractivity contribution is 7.89. The Hall–Kier alpha value is -0.240. The van der Waals surface area contributed by atoms with E-state index in [1.54, 1.807) is 0 Å². The molecule has 0 bridgehead atoms. The molecule has 0 spiro atoms. The molecule has 1 saturated heterocycles. The van der Waals surface area contributed by atoms with Gasteiger partial charge >= 0.3 is 0 Å². The first kappa shape index (κ1) is 15.8. The van der Waals surface area contributed by atoms with Crippen molar-refractivity contribution in [3.63, 3.8) is 0 Å². The van der Waals surface area contributed by atoms with Crippen LogP contribution < -0.4 is 5.73 Å². The average Bonchev–Trinajstić information content (AvgIpc) is 2.76. The molecular weight excluding hydrogens is 272 g/mol. The fraction of sp³-hybridized carbons (Fsp3) is 0.909. The van der Waals surface area contributed by atoms with Crippen molar-refractivity contribution in [1.82, 2.24) is 4.31 Å². The van der Waals surface area contributed by atoms with Crippen molar-refractivity contribution in [2.45, 2.75) is 32.8 Å². The van der Waals surface area contributed by atoms with Crippen LogP contribution in [0.15, 0.2) is 0 Å². The molecule has 0 radical (unpaired) electrons. The van der Waals surface area contributed by atoms with Crippen LogP contribution in [0.4, 0.5) is 0 Å². The van der Waals surface area contributed by atoms with Crippen molar-refractivity contribution in [2.75, 3.05) is 25.4 Å². The van der Waals surface area contributed by atoms with Crippen LogP contribution in [0.2, 0.25) is 0 Å². The summed E-state index contributed by atoms with van der Waals surface area (Å²) in [5, 5.41) is 0. The van der Waals surface area contributed by atoms with Crippen LogP contribution >= 0.6 is 12.2 Å². The van der Waals surface area contributed by atoms with Gasteiger partial charge in [0.2, 0.25) is 10.0 Å². The van der Waals surface area contributed by atoms with Crippen molar-refractivity contribution in [3.8, 4) is 0 Å². The maximum absolute atomic E-state index is 12.2. The van der Waals surface area contributed by atoms with Gasteiger partial charge in [0.1, 0.15) is 0 Å². The van der Waals surface area contributed by atoms with E-state index in [-0.39, 0.29) is 17.8 Å². The van der Waals surface area contributed by atoms with Crippen LogP contribution in [-0.4, -0.2) is 49.3 Å². The number of ether oxygens (including phenoxy) is 1. The molecule has 1 aliphatic rings. The molecule has 106 valence electrons. The smallest absolute Gasteiger partial charge is 0.216 e. The Kier molecular flexibility index (Phi) is 5.97. The fourth-order valence-corrected chi connectivity index (χ4v) is 3.81. The van der Waals surface area contributed by atoms with Gasteiger partial charge in [0.05, 0.1) is 16.8 Å². The summed E-state index contributed by atoms with van der Waals surface area (Å²) >= 11 is 4.88. The Morgan fingerprint density at radius 3 is 2.72 bits per heavy atom. The van der Waals surface area contributed by atoms with Crippen molar-refractivity contribution < 1.29 is 13.2 Å². The zero-order chi connectivity index (χ0) is 13.8. The molecule has 1 heterocycles. The van der Waals surface area contributed by atoms with Gasteiger partial charge in [0.15, 0.2) is 0 Å². The molecule has 0 saturated carbocycles. The summed E-state index contributed by atoms with van der Waals surface area (Å²) in [6, 6.07) is 0. The summed E-state index contributed by atoms with van der Waals surface area (Å²) in [6.07, 6.45) is 1.60. The Morgan fingerprint density at radius 1 is 1.61 bits per heavy atom. The largest absolute Gasteiger partial charge is 0.393 e. The van der Waals surface area contributed by atoms with E-state index in [2.05, 4.69) is 0 Å². The highest BCUT2D eigenvalue weighted by Crippen LogP contribution is 2.17. The second-order valence-corrected chi connectivity index (χ2v) is 7.15. The summed E-state index contributed by atoms with van der Waals surface area (Å²) in [7, 11) is -3.29. The van der Waals surface area contributed by atoms with Crippen LogP contribution in [-0.2, 0) is 14.8 Å². The summed E-state index contributed by atoms with van der Waals surface area (Å²) in [4.78, 5) is 0.348. The molecule has 2 atom stereocenters. The van der Waals surface area contributed by atoms with E-state index >= 15 is 0 Å². The van der Waals surface area contributed by atoms with Gasteiger partial charge in [-0.05, 0) is 12.8 Å². The second kappa shape index (κ2) is 6.79. The van der Waals surface area contributed by atoms with E-state index in [0.29, 0.717) is 24.7 Å².